The van der Waals surface area contributed by atoms with Crippen LogP contribution in [-0.2, 0) is 4.84 Å². The first-order valence-electron chi connectivity index (χ1n) is 2.12. The summed E-state index contributed by atoms with van der Waals surface area (Å²) in [6.45, 7) is 3.35. The molecule has 3 nitrogen and oxygen atoms in total. The molecule has 0 unspecified atom stereocenters. The molecule has 0 saturated heterocycles. The SMILES string of the molecule is C=C/C=C(/O)NOC. The van der Waals surface area contributed by atoms with E-state index in [4.69, 9.17) is 5.11 Å². The summed E-state index contributed by atoms with van der Waals surface area (Å²) in [5, 5.41) is 8.60. The van der Waals surface area contributed by atoms with E-state index >= 15 is 0 Å². The van der Waals surface area contributed by atoms with Crippen molar-refractivity contribution in [1.29, 1.82) is 0 Å². The van der Waals surface area contributed by atoms with Crippen LogP contribution < -0.4 is 5.48 Å². The van der Waals surface area contributed by atoms with Gasteiger partial charge in [-0.1, -0.05) is 12.7 Å². The number of aliphatic hydroxyl groups excluding tert-OH is 1. The largest absolute Gasteiger partial charge is 0.493 e. The van der Waals surface area contributed by atoms with Gasteiger partial charge in [0.15, 0.2) is 0 Å². The fourth-order valence-electron chi connectivity index (χ4n) is 0.250. The Kier molecular flexibility index (Phi) is 3.70. The van der Waals surface area contributed by atoms with Crippen molar-refractivity contribution in [3.05, 3.63) is 24.6 Å². The van der Waals surface area contributed by atoms with E-state index in [-0.39, 0.29) is 5.88 Å². The van der Waals surface area contributed by atoms with Crippen LogP contribution in [0.3, 0.4) is 0 Å². The number of hydrogen-bond donors (Lipinski definition) is 2. The van der Waals surface area contributed by atoms with E-state index in [2.05, 4.69) is 16.9 Å². The quantitative estimate of drug-likeness (QED) is 0.323. The summed E-state index contributed by atoms with van der Waals surface area (Å²) in [6.07, 6.45) is 2.82. The smallest absolute Gasteiger partial charge is 0.208 e. The number of hydroxylamine groups is 1. The highest BCUT2D eigenvalue weighted by atomic mass is 16.6. The molecule has 0 spiro atoms. The maximum atomic E-state index is 8.60. The van der Waals surface area contributed by atoms with Crippen LogP contribution in [0.4, 0.5) is 0 Å². The summed E-state index contributed by atoms with van der Waals surface area (Å²) in [7, 11) is 1.41. The van der Waals surface area contributed by atoms with Crippen molar-refractivity contribution in [2.45, 2.75) is 0 Å². The lowest BCUT2D eigenvalue weighted by molar-refractivity contribution is 0.0782. The molecule has 0 amide bonds. The predicted octanol–water partition coefficient (Wildman–Crippen LogP) is 0.723. The summed E-state index contributed by atoms with van der Waals surface area (Å²) in [4.78, 5) is 4.34. The number of rotatable bonds is 3. The standard InChI is InChI=1S/C5H9NO2/c1-3-4-5(7)6-8-2/h3-4,6-7H,1H2,2H3/b5-4+. The van der Waals surface area contributed by atoms with Crippen LogP contribution in [0.2, 0.25) is 0 Å². The number of aliphatic hydroxyl groups is 1. The maximum absolute atomic E-state index is 8.60. The fourth-order valence-corrected chi connectivity index (χ4v) is 0.250. The second-order valence-corrected chi connectivity index (χ2v) is 1.09. The highest BCUT2D eigenvalue weighted by Gasteiger charge is 1.80. The minimum Gasteiger partial charge on any atom is -0.493 e. The fraction of sp³-hybridized carbons (Fsp3) is 0.200. The van der Waals surface area contributed by atoms with Crippen LogP contribution in [0, 0.1) is 0 Å². The van der Waals surface area contributed by atoms with E-state index in [9.17, 15) is 0 Å². The lowest BCUT2D eigenvalue weighted by Crippen LogP contribution is -2.09. The molecule has 0 heterocycles. The van der Waals surface area contributed by atoms with Crippen molar-refractivity contribution in [2.75, 3.05) is 7.11 Å². The molecule has 0 aromatic carbocycles. The van der Waals surface area contributed by atoms with Gasteiger partial charge >= 0.3 is 0 Å². The van der Waals surface area contributed by atoms with E-state index < -0.39 is 0 Å². The monoisotopic (exact) mass is 115 g/mol. The van der Waals surface area contributed by atoms with Crippen LogP contribution in [0.15, 0.2) is 24.6 Å². The highest BCUT2D eigenvalue weighted by molar-refractivity contribution is 4.99. The third-order valence-electron chi connectivity index (χ3n) is 0.482. The van der Waals surface area contributed by atoms with Crippen molar-refractivity contribution in [3.63, 3.8) is 0 Å². The summed E-state index contributed by atoms with van der Waals surface area (Å²) >= 11 is 0. The molecule has 0 atom stereocenters. The Hall–Kier alpha value is -0.960. The molecular weight excluding hydrogens is 106 g/mol. The van der Waals surface area contributed by atoms with E-state index in [1.54, 1.807) is 0 Å². The zero-order valence-corrected chi connectivity index (χ0v) is 4.72. The first-order valence-corrected chi connectivity index (χ1v) is 2.12. The van der Waals surface area contributed by atoms with Gasteiger partial charge in [0.05, 0.1) is 7.11 Å². The van der Waals surface area contributed by atoms with E-state index in [0.29, 0.717) is 0 Å². The van der Waals surface area contributed by atoms with Crippen molar-refractivity contribution in [3.8, 4) is 0 Å². The Morgan fingerprint density at radius 2 is 2.50 bits per heavy atom. The van der Waals surface area contributed by atoms with Crippen LogP contribution in [0.5, 0.6) is 0 Å². The Morgan fingerprint density at radius 1 is 1.88 bits per heavy atom. The molecule has 8 heavy (non-hydrogen) atoms. The Bertz CT molecular complexity index is 98.6. The number of nitrogens with one attached hydrogen (secondary N) is 1. The second-order valence-electron chi connectivity index (χ2n) is 1.09. The molecule has 46 valence electrons. The molecule has 0 bridgehead atoms. The van der Waals surface area contributed by atoms with Gasteiger partial charge in [-0.3, -0.25) is 4.84 Å². The van der Waals surface area contributed by atoms with Gasteiger partial charge in [-0.15, -0.1) is 0 Å². The first-order chi connectivity index (χ1) is 3.81. The molecule has 0 saturated carbocycles. The highest BCUT2D eigenvalue weighted by Crippen LogP contribution is 1.79. The molecule has 0 radical (unpaired) electrons. The number of allylic oxidation sites excluding steroid dienone is 2. The Morgan fingerprint density at radius 3 is 2.88 bits per heavy atom. The average molecular weight is 115 g/mol. The van der Waals surface area contributed by atoms with Gasteiger partial charge in [0.2, 0.25) is 5.88 Å². The molecule has 0 rings (SSSR count). The van der Waals surface area contributed by atoms with Gasteiger partial charge in [-0.25, -0.2) is 5.48 Å². The third-order valence-corrected chi connectivity index (χ3v) is 0.482. The first kappa shape index (κ1) is 7.04. The molecule has 0 aliphatic heterocycles. The molecule has 3 heteroatoms. The number of hydrogen-bond acceptors (Lipinski definition) is 3. The normalized spacial score (nSPS) is 10.9. The minimum atomic E-state index is -0.0532. The van der Waals surface area contributed by atoms with Crippen molar-refractivity contribution >= 4 is 0 Å². The molecule has 0 aliphatic carbocycles. The maximum Gasteiger partial charge on any atom is 0.208 e. The average Bonchev–Trinajstić information content (AvgIpc) is 1.68. The third kappa shape index (κ3) is 3.24. The van der Waals surface area contributed by atoms with E-state index in [0.717, 1.165) is 0 Å². The molecule has 0 aromatic heterocycles. The van der Waals surface area contributed by atoms with Crippen LogP contribution in [-0.4, -0.2) is 12.2 Å². The Balaban J connectivity index is 3.44. The lowest BCUT2D eigenvalue weighted by Gasteiger charge is -1.96. The second kappa shape index (κ2) is 4.21. The molecule has 2 N–H and O–H groups in total. The summed E-state index contributed by atoms with van der Waals surface area (Å²) in [5.74, 6) is -0.0532. The Labute approximate surface area is 48.2 Å². The zero-order chi connectivity index (χ0) is 6.41. The summed E-state index contributed by atoms with van der Waals surface area (Å²) in [5.41, 5.74) is 2.19. The van der Waals surface area contributed by atoms with Crippen LogP contribution in [0.25, 0.3) is 0 Å². The predicted molar refractivity (Wildman–Crippen MR) is 31.1 cm³/mol. The molecule has 0 aliphatic rings. The topological polar surface area (TPSA) is 41.5 Å². The van der Waals surface area contributed by atoms with Gasteiger partial charge in [0.25, 0.3) is 0 Å². The lowest BCUT2D eigenvalue weighted by atomic mass is 10.6. The van der Waals surface area contributed by atoms with Gasteiger partial charge in [0, 0.05) is 0 Å². The van der Waals surface area contributed by atoms with Gasteiger partial charge in [0.1, 0.15) is 0 Å². The zero-order valence-electron chi connectivity index (χ0n) is 4.72. The molecule has 0 aromatic rings. The minimum absolute atomic E-state index is 0.0532. The van der Waals surface area contributed by atoms with Crippen LogP contribution >= 0.6 is 0 Å². The van der Waals surface area contributed by atoms with Gasteiger partial charge < -0.3 is 5.11 Å². The van der Waals surface area contributed by atoms with Crippen LogP contribution in [0.1, 0.15) is 0 Å². The van der Waals surface area contributed by atoms with Gasteiger partial charge in [-0.2, -0.15) is 0 Å². The summed E-state index contributed by atoms with van der Waals surface area (Å²) < 4.78 is 0. The van der Waals surface area contributed by atoms with E-state index in [1.807, 2.05) is 0 Å². The molecular formula is C5H9NO2. The van der Waals surface area contributed by atoms with E-state index in [1.165, 1.54) is 19.3 Å². The van der Waals surface area contributed by atoms with Crippen molar-refractivity contribution < 1.29 is 9.94 Å². The summed E-state index contributed by atoms with van der Waals surface area (Å²) in [6, 6.07) is 0. The van der Waals surface area contributed by atoms with Gasteiger partial charge in [-0.05, 0) is 6.08 Å². The molecule has 0 fully saturated rings. The van der Waals surface area contributed by atoms with Crippen molar-refractivity contribution in [1.82, 2.24) is 5.48 Å². The van der Waals surface area contributed by atoms with Crippen molar-refractivity contribution in [2.24, 2.45) is 0 Å².